The molecule has 2 nitrogen and oxygen atoms in total. The van der Waals surface area contributed by atoms with Crippen molar-refractivity contribution in [2.24, 2.45) is 5.90 Å². The first-order valence-corrected chi connectivity index (χ1v) is 2.79. The van der Waals surface area contributed by atoms with Crippen LogP contribution in [0, 0.1) is 0 Å². The van der Waals surface area contributed by atoms with Crippen LogP contribution >= 0.6 is 0 Å². The van der Waals surface area contributed by atoms with E-state index in [0.29, 0.717) is 13.0 Å². The summed E-state index contributed by atoms with van der Waals surface area (Å²) in [6.45, 7) is 0.310. The minimum absolute atomic E-state index is 0.232. The summed E-state index contributed by atoms with van der Waals surface area (Å²) in [5.41, 5.74) is 0. The second-order valence-corrected chi connectivity index (χ2v) is 1.62. The van der Waals surface area contributed by atoms with Crippen molar-refractivity contribution in [1.82, 2.24) is 0 Å². The van der Waals surface area contributed by atoms with Crippen LogP contribution in [-0.2, 0) is 4.84 Å². The first-order valence-electron chi connectivity index (χ1n) is 2.79. The molecule has 0 heterocycles. The molecule has 0 rings (SSSR count). The molecule has 0 saturated heterocycles. The van der Waals surface area contributed by atoms with Gasteiger partial charge in [0.05, 0.1) is 13.3 Å². The van der Waals surface area contributed by atoms with Gasteiger partial charge in [-0.15, -0.1) is 0 Å². The zero-order valence-corrected chi connectivity index (χ0v) is 4.90. The maximum Gasteiger partial charge on any atom is 0.0894 e. The van der Waals surface area contributed by atoms with E-state index in [4.69, 9.17) is 5.90 Å². The Morgan fingerprint density at radius 1 is 1.25 bits per heavy atom. The van der Waals surface area contributed by atoms with Crippen molar-refractivity contribution >= 4 is 0 Å². The number of hydrogen-bond acceptors (Lipinski definition) is 2. The molecule has 50 valence electrons. The van der Waals surface area contributed by atoms with Crippen molar-refractivity contribution in [2.45, 2.75) is 19.3 Å². The number of rotatable bonds is 5. The van der Waals surface area contributed by atoms with E-state index in [-0.39, 0.29) is 6.67 Å². The van der Waals surface area contributed by atoms with Crippen LogP contribution in [0.5, 0.6) is 0 Å². The van der Waals surface area contributed by atoms with Gasteiger partial charge in [0, 0.05) is 0 Å². The summed E-state index contributed by atoms with van der Waals surface area (Å²) >= 11 is 0. The van der Waals surface area contributed by atoms with Crippen LogP contribution < -0.4 is 5.90 Å². The Morgan fingerprint density at radius 3 is 2.50 bits per heavy atom. The molecule has 0 aliphatic heterocycles. The van der Waals surface area contributed by atoms with Gasteiger partial charge in [0.15, 0.2) is 0 Å². The number of alkyl halides is 1. The third-order valence-corrected chi connectivity index (χ3v) is 0.896. The van der Waals surface area contributed by atoms with Crippen LogP contribution in [0.15, 0.2) is 0 Å². The monoisotopic (exact) mass is 121 g/mol. The Bertz CT molecular complexity index is 37.4. The van der Waals surface area contributed by atoms with Crippen molar-refractivity contribution in [3.63, 3.8) is 0 Å². The highest BCUT2D eigenvalue weighted by Crippen LogP contribution is 1.93. The largest absolute Gasteiger partial charge is 0.305 e. The predicted octanol–water partition coefficient (Wildman–Crippen LogP) is 1.02. The molecule has 0 aliphatic carbocycles. The quantitative estimate of drug-likeness (QED) is 0.435. The fraction of sp³-hybridized carbons (Fsp3) is 1.00. The summed E-state index contributed by atoms with van der Waals surface area (Å²) in [6, 6.07) is 0. The molecule has 0 atom stereocenters. The molecule has 0 bridgehead atoms. The summed E-state index contributed by atoms with van der Waals surface area (Å²) < 4.78 is 11.3. The summed E-state index contributed by atoms with van der Waals surface area (Å²) in [6.07, 6.45) is 2.36. The molecule has 0 spiro atoms. The van der Waals surface area contributed by atoms with E-state index in [2.05, 4.69) is 4.84 Å². The molecule has 0 fully saturated rings. The Morgan fingerprint density at radius 2 is 2.00 bits per heavy atom. The van der Waals surface area contributed by atoms with Gasteiger partial charge in [-0.3, -0.25) is 4.39 Å². The van der Waals surface area contributed by atoms with Gasteiger partial charge >= 0.3 is 0 Å². The SMILES string of the molecule is NOCCCCCF. The lowest BCUT2D eigenvalue weighted by molar-refractivity contribution is 0.133. The van der Waals surface area contributed by atoms with Crippen molar-refractivity contribution in [3.8, 4) is 0 Å². The zero-order valence-electron chi connectivity index (χ0n) is 4.90. The maximum absolute atomic E-state index is 11.3. The molecule has 0 unspecified atom stereocenters. The molecule has 0 amide bonds. The predicted molar refractivity (Wildman–Crippen MR) is 30.0 cm³/mol. The van der Waals surface area contributed by atoms with Gasteiger partial charge in [-0.05, 0) is 19.3 Å². The summed E-state index contributed by atoms with van der Waals surface area (Å²) in [5, 5.41) is 0. The maximum atomic E-state index is 11.3. The minimum atomic E-state index is -0.232. The normalized spacial score (nSPS) is 9.75. The molecule has 3 heteroatoms. The van der Waals surface area contributed by atoms with E-state index in [1.807, 2.05) is 0 Å². The highest BCUT2D eigenvalue weighted by molar-refractivity contribution is 4.37. The average Bonchev–Trinajstić information content (AvgIpc) is 1.81. The summed E-state index contributed by atoms with van der Waals surface area (Å²) in [7, 11) is 0. The minimum Gasteiger partial charge on any atom is -0.305 e. The van der Waals surface area contributed by atoms with Gasteiger partial charge in [0.25, 0.3) is 0 Å². The van der Waals surface area contributed by atoms with Crippen LogP contribution in [0.25, 0.3) is 0 Å². The number of hydrogen-bond donors (Lipinski definition) is 1. The summed E-state index contributed by atoms with van der Waals surface area (Å²) in [4.78, 5) is 4.27. The molecule has 0 saturated carbocycles. The van der Waals surface area contributed by atoms with Gasteiger partial charge in [-0.1, -0.05) is 0 Å². The molecule has 0 aliphatic rings. The van der Waals surface area contributed by atoms with Crippen molar-refractivity contribution in [2.75, 3.05) is 13.3 Å². The van der Waals surface area contributed by atoms with E-state index < -0.39 is 0 Å². The van der Waals surface area contributed by atoms with E-state index in [1.54, 1.807) is 0 Å². The van der Waals surface area contributed by atoms with E-state index in [9.17, 15) is 4.39 Å². The lowest BCUT2D eigenvalue weighted by Crippen LogP contribution is -2.00. The highest BCUT2D eigenvalue weighted by atomic mass is 19.1. The van der Waals surface area contributed by atoms with Crippen LogP contribution in [0.3, 0.4) is 0 Å². The topological polar surface area (TPSA) is 35.2 Å². The van der Waals surface area contributed by atoms with Crippen LogP contribution in [0.1, 0.15) is 19.3 Å². The molecule has 0 radical (unpaired) electrons. The van der Waals surface area contributed by atoms with Crippen molar-refractivity contribution < 1.29 is 9.23 Å². The molecule has 0 aromatic carbocycles. The Balaban J connectivity index is 2.53. The van der Waals surface area contributed by atoms with Crippen LogP contribution in [-0.4, -0.2) is 13.3 Å². The zero-order chi connectivity index (χ0) is 6.24. The number of halogens is 1. The van der Waals surface area contributed by atoms with Gasteiger partial charge in [-0.25, -0.2) is 5.90 Å². The van der Waals surface area contributed by atoms with Gasteiger partial charge < -0.3 is 4.84 Å². The molecule has 0 aromatic heterocycles. The average molecular weight is 121 g/mol. The van der Waals surface area contributed by atoms with E-state index in [1.165, 1.54) is 0 Å². The van der Waals surface area contributed by atoms with E-state index in [0.717, 1.165) is 12.8 Å². The van der Waals surface area contributed by atoms with Gasteiger partial charge in [0.2, 0.25) is 0 Å². The standard InChI is InChI=1S/C5H12FNO/c6-4-2-1-3-5-8-7/h1-5,7H2. The molecule has 2 N–H and O–H groups in total. The molecular formula is C5H12FNO. The van der Waals surface area contributed by atoms with Gasteiger partial charge in [-0.2, -0.15) is 0 Å². The number of nitrogens with two attached hydrogens (primary N) is 1. The Kier molecular flexibility index (Phi) is 6.72. The third kappa shape index (κ3) is 5.85. The molecular weight excluding hydrogens is 109 g/mol. The smallest absolute Gasteiger partial charge is 0.0894 e. The van der Waals surface area contributed by atoms with Crippen molar-refractivity contribution in [3.05, 3.63) is 0 Å². The van der Waals surface area contributed by atoms with Gasteiger partial charge in [0.1, 0.15) is 0 Å². The van der Waals surface area contributed by atoms with E-state index >= 15 is 0 Å². The number of unbranched alkanes of at least 4 members (excludes halogenated alkanes) is 2. The first kappa shape index (κ1) is 7.85. The van der Waals surface area contributed by atoms with Crippen LogP contribution in [0.2, 0.25) is 0 Å². The van der Waals surface area contributed by atoms with Crippen molar-refractivity contribution in [1.29, 1.82) is 0 Å². The molecule has 0 aromatic rings. The first-order chi connectivity index (χ1) is 3.91. The fourth-order valence-electron chi connectivity index (χ4n) is 0.457. The summed E-state index contributed by atoms with van der Waals surface area (Å²) in [5.74, 6) is 4.72. The Hall–Kier alpha value is -0.150. The second kappa shape index (κ2) is 6.85. The van der Waals surface area contributed by atoms with Crippen LogP contribution in [0.4, 0.5) is 4.39 Å². The fourth-order valence-corrected chi connectivity index (χ4v) is 0.457. The highest BCUT2D eigenvalue weighted by Gasteiger charge is 1.85. The second-order valence-electron chi connectivity index (χ2n) is 1.62. The lowest BCUT2D eigenvalue weighted by Gasteiger charge is -1.93. The third-order valence-electron chi connectivity index (χ3n) is 0.896. The lowest BCUT2D eigenvalue weighted by atomic mass is 10.3. The Labute approximate surface area is 48.8 Å². The molecule has 8 heavy (non-hydrogen) atoms.